The number of benzene rings is 1. The smallest absolute Gasteiger partial charge is 0.276 e. The summed E-state index contributed by atoms with van der Waals surface area (Å²) in [7, 11) is 1.94. The van der Waals surface area contributed by atoms with E-state index in [2.05, 4.69) is 20.5 Å². The number of rotatable bonds is 6. The van der Waals surface area contributed by atoms with E-state index in [1.807, 2.05) is 50.1 Å². The van der Waals surface area contributed by atoms with Crippen LogP contribution in [0.5, 0.6) is 0 Å². The first-order chi connectivity index (χ1) is 13.4. The van der Waals surface area contributed by atoms with Gasteiger partial charge in [0.25, 0.3) is 5.91 Å². The van der Waals surface area contributed by atoms with Gasteiger partial charge in [0, 0.05) is 26.0 Å². The molecule has 0 aliphatic carbocycles. The van der Waals surface area contributed by atoms with Gasteiger partial charge in [-0.05, 0) is 67.3 Å². The molecule has 144 valence electrons. The highest BCUT2D eigenvalue weighted by Crippen LogP contribution is 2.27. The Hall–Kier alpha value is -2.99. The fourth-order valence-electron chi connectivity index (χ4n) is 2.86. The Kier molecular flexibility index (Phi) is 6.21. The molecule has 6 nitrogen and oxygen atoms in total. The second kappa shape index (κ2) is 8.80. The van der Waals surface area contributed by atoms with Gasteiger partial charge in [0.05, 0.1) is 10.7 Å². The SMILES string of the molecule is Cc1cc(C)c(NC(=O)c2ccc(N(C)CCc3ccncc3)nn2)c(Cl)c1. The van der Waals surface area contributed by atoms with E-state index in [1.165, 1.54) is 5.56 Å². The summed E-state index contributed by atoms with van der Waals surface area (Å²) in [5.41, 5.74) is 3.98. The van der Waals surface area contributed by atoms with Crippen LogP contribution in [0.1, 0.15) is 27.2 Å². The summed E-state index contributed by atoms with van der Waals surface area (Å²) in [4.78, 5) is 18.5. The third-order valence-corrected chi connectivity index (χ3v) is 4.73. The summed E-state index contributed by atoms with van der Waals surface area (Å²) in [6.07, 6.45) is 4.43. The highest BCUT2D eigenvalue weighted by molar-refractivity contribution is 6.34. The Labute approximate surface area is 169 Å². The van der Waals surface area contributed by atoms with E-state index < -0.39 is 0 Å². The van der Waals surface area contributed by atoms with Crippen LogP contribution in [-0.4, -0.2) is 34.7 Å². The van der Waals surface area contributed by atoms with Gasteiger partial charge in [-0.15, -0.1) is 10.2 Å². The van der Waals surface area contributed by atoms with E-state index in [4.69, 9.17) is 11.6 Å². The Morgan fingerprint density at radius 1 is 1.11 bits per heavy atom. The van der Waals surface area contributed by atoms with Gasteiger partial charge in [0.1, 0.15) is 0 Å². The first-order valence-electron chi connectivity index (χ1n) is 8.96. The Bertz CT molecular complexity index is 937. The first-order valence-corrected chi connectivity index (χ1v) is 9.33. The average molecular weight is 396 g/mol. The molecule has 0 aliphatic heterocycles. The molecule has 3 rings (SSSR count). The molecule has 0 atom stereocenters. The van der Waals surface area contributed by atoms with Crippen LogP contribution in [0.15, 0.2) is 48.8 Å². The van der Waals surface area contributed by atoms with Crippen molar-refractivity contribution in [1.29, 1.82) is 0 Å². The fraction of sp³-hybridized carbons (Fsp3) is 0.238. The molecule has 28 heavy (non-hydrogen) atoms. The van der Waals surface area contributed by atoms with Gasteiger partial charge < -0.3 is 10.2 Å². The Morgan fingerprint density at radius 3 is 2.50 bits per heavy atom. The maximum Gasteiger partial charge on any atom is 0.276 e. The highest BCUT2D eigenvalue weighted by Gasteiger charge is 2.14. The fourth-order valence-corrected chi connectivity index (χ4v) is 3.23. The minimum atomic E-state index is -0.340. The number of anilines is 2. The molecule has 1 aromatic carbocycles. The molecule has 0 saturated carbocycles. The normalized spacial score (nSPS) is 10.6. The van der Waals surface area contributed by atoms with Crippen molar-refractivity contribution in [2.75, 3.05) is 23.8 Å². The predicted molar refractivity (Wildman–Crippen MR) is 112 cm³/mol. The highest BCUT2D eigenvalue weighted by atomic mass is 35.5. The van der Waals surface area contributed by atoms with Crippen molar-refractivity contribution in [2.24, 2.45) is 0 Å². The maximum atomic E-state index is 12.5. The van der Waals surface area contributed by atoms with E-state index in [0.717, 1.165) is 24.1 Å². The number of aryl methyl sites for hydroxylation is 2. The number of carbonyl (C=O) groups excluding carboxylic acids is 1. The minimum absolute atomic E-state index is 0.238. The number of nitrogens with zero attached hydrogens (tertiary/aromatic N) is 4. The molecule has 0 spiro atoms. The molecule has 7 heteroatoms. The topological polar surface area (TPSA) is 71.0 Å². The summed E-state index contributed by atoms with van der Waals surface area (Å²) in [6, 6.07) is 11.2. The third-order valence-electron chi connectivity index (χ3n) is 4.43. The van der Waals surface area contributed by atoms with Crippen LogP contribution >= 0.6 is 11.6 Å². The van der Waals surface area contributed by atoms with Crippen molar-refractivity contribution in [1.82, 2.24) is 15.2 Å². The largest absolute Gasteiger partial charge is 0.358 e. The molecule has 2 aromatic heterocycles. The zero-order chi connectivity index (χ0) is 20.1. The zero-order valence-electron chi connectivity index (χ0n) is 16.1. The second-order valence-corrected chi connectivity index (χ2v) is 7.10. The van der Waals surface area contributed by atoms with Crippen molar-refractivity contribution in [2.45, 2.75) is 20.3 Å². The summed E-state index contributed by atoms with van der Waals surface area (Å²) in [5, 5.41) is 11.6. The third kappa shape index (κ3) is 4.84. The van der Waals surface area contributed by atoms with E-state index >= 15 is 0 Å². The molecule has 0 fully saturated rings. The molecule has 3 aromatic rings. The van der Waals surface area contributed by atoms with Crippen molar-refractivity contribution >= 4 is 29.0 Å². The standard InChI is InChI=1S/C21H22ClN5O/c1-14-12-15(2)20(17(22)13-14)24-21(28)18-4-5-19(26-25-18)27(3)11-8-16-6-9-23-10-7-16/h4-7,9-10,12-13H,8,11H2,1-3H3,(H,24,28). The van der Waals surface area contributed by atoms with Gasteiger partial charge in [0.15, 0.2) is 11.5 Å². The number of nitrogens with one attached hydrogen (secondary N) is 1. The average Bonchev–Trinajstić information content (AvgIpc) is 2.69. The van der Waals surface area contributed by atoms with Crippen molar-refractivity contribution < 1.29 is 4.79 Å². The molecular weight excluding hydrogens is 374 g/mol. The minimum Gasteiger partial charge on any atom is -0.358 e. The van der Waals surface area contributed by atoms with E-state index in [1.54, 1.807) is 24.5 Å². The lowest BCUT2D eigenvalue weighted by Gasteiger charge is -2.17. The number of amides is 1. The van der Waals surface area contributed by atoms with Gasteiger partial charge in [-0.2, -0.15) is 0 Å². The lowest BCUT2D eigenvalue weighted by atomic mass is 10.1. The van der Waals surface area contributed by atoms with Crippen molar-refractivity contribution in [3.05, 3.63) is 76.2 Å². The molecule has 2 heterocycles. The number of likely N-dealkylation sites (N-methyl/N-ethyl adjacent to an activating group) is 1. The van der Waals surface area contributed by atoms with Crippen LogP contribution in [0.3, 0.4) is 0 Å². The number of hydrogen-bond donors (Lipinski definition) is 1. The molecule has 0 aliphatic rings. The van der Waals surface area contributed by atoms with Crippen molar-refractivity contribution in [3.63, 3.8) is 0 Å². The van der Waals surface area contributed by atoms with Crippen LogP contribution < -0.4 is 10.2 Å². The number of hydrogen-bond acceptors (Lipinski definition) is 5. The van der Waals surface area contributed by atoms with E-state index in [-0.39, 0.29) is 11.6 Å². The van der Waals surface area contributed by atoms with Crippen molar-refractivity contribution in [3.8, 4) is 0 Å². The zero-order valence-corrected chi connectivity index (χ0v) is 16.9. The molecule has 1 N–H and O–H groups in total. The van der Waals surface area contributed by atoms with Gasteiger partial charge in [-0.25, -0.2) is 0 Å². The number of carbonyl (C=O) groups is 1. The molecular formula is C21H22ClN5O. The van der Waals surface area contributed by atoms with E-state index in [9.17, 15) is 4.79 Å². The molecule has 0 unspecified atom stereocenters. The Balaban J connectivity index is 1.64. The van der Waals surface area contributed by atoms with Crippen LogP contribution in [0.25, 0.3) is 0 Å². The second-order valence-electron chi connectivity index (χ2n) is 6.70. The molecule has 0 bridgehead atoms. The summed E-state index contributed by atoms with van der Waals surface area (Å²) in [5.74, 6) is 0.363. The maximum absolute atomic E-state index is 12.5. The summed E-state index contributed by atoms with van der Waals surface area (Å²) in [6.45, 7) is 4.64. The predicted octanol–water partition coefficient (Wildman–Crippen LogP) is 4.07. The lowest BCUT2D eigenvalue weighted by Crippen LogP contribution is -2.23. The van der Waals surface area contributed by atoms with Crippen LogP contribution in [-0.2, 0) is 6.42 Å². The van der Waals surface area contributed by atoms with E-state index in [0.29, 0.717) is 16.5 Å². The molecule has 1 amide bonds. The monoisotopic (exact) mass is 395 g/mol. The first kappa shape index (κ1) is 19.8. The van der Waals surface area contributed by atoms with Gasteiger partial charge >= 0.3 is 0 Å². The lowest BCUT2D eigenvalue weighted by molar-refractivity contribution is 0.102. The summed E-state index contributed by atoms with van der Waals surface area (Å²) >= 11 is 6.26. The quantitative estimate of drug-likeness (QED) is 0.681. The van der Waals surface area contributed by atoms with Crippen LogP contribution in [0.4, 0.5) is 11.5 Å². The number of aromatic nitrogens is 3. The van der Waals surface area contributed by atoms with Gasteiger partial charge in [-0.3, -0.25) is 9.78 Å². The van der Waals surface area contributed by atoms with Crippen LogP contribution in [0.2, 0.25) is 5.02 Å². The molecule has 0 radical (unpaired) electrons. The van der Waals surface area contributed by atoms with Crippen LogP contribution in [0, 0.1) is 13.8 Å². The van der Waals surface area contributed by atoms with Gasteiger partial charge in [-0.1, -0.05) is 17.7 Å². The number of halogens is 1. The summed E-state index contributed by atoms with van der Waals surface area (Å²) < 4.78 is 0. The van der Waals surface area contributed by atoms with Gasteiger partial charge in [0.2, 0.25) is 0 Å². The molecule has 0 saturated heterocycles. The number of pyridine rings is 1. The Morgan fingerprint density at radius 2 is 1.86 bits per heavy atom.